The molecule has 0 amide bonds. The minimum absolute atomic E-state index is 0.0639. The molecule has 0 bridgehead atoms. The molecule has 3 rings (SSSR count). The Hall–Kier alpha value is -1.19. The van der Waals surface area contributed by atoms with E-state index < -0.39 is 37.7 Å². The van der Waals surface area contributed by atoms with Crippen molar-refractivity contribution < 1.29 is 24.5 Å². The topological polar surface area (TPSA) is 79.2 Å². The average Bonchev–Trinajstić information content (AvgIpc) is 2.71. The Balaban J connectivity index is 2.02. The predicted molar refractivity (Wildman–Crippen MR) is 124 cm³/mol. The maximum atomic E-state index is 10.5. The summed E-state index contributed by atoms with van der Waals surface area (Å²) in [4.78, 5) is -1.29. The molecule has 3 N–H and O–H groups in total. The molecule has 5 atom stereocenters. The minimum Gasteiger partial charge on any atom is -0.405 e. The van der Waals surface area contributed by atoms with Crippen molar-refractivity contribution in [3.8, 4) is 0 Å². The van der Waals surface area contributed by atoms with Crippen molar-refractivity contribution in [3.05, 3.63) is 60.7 Å². The van der Waals surface area contributed by atoms with Crippen LogP contribution in [0.25, 0.3) is 0 Å². The van der Waals surface area contributed by atoms with Crippen molar-refractivity contribution in [2.75, 3.05) is 6.61 Å². The molecule has 1 aliphatic heterocycles. The Labute approximate surface area is 185 Å². The molecule has 2 aromatic carbocycles. The fourth-order valence-corrected chi connectivity index (χ4v) is 9.13. The summed E-state index contributed by atoms with van der Waals surface area (Å²) in [6, 6.07) is 20.3. The van der Waals surface area contributed by atoms with Crippen molar-refractivity contribution in [1.82, 2.24) is 0 Å². The van der Waals surface area contributed by atoms with Gasteiger partial charge in [-0.05, 0) is 22.3 Å². The summed E-state index contributed by atoms with van der Waals surface area (Å²) in [5, 5.41) is 33.0. The molecule has 5 nitrogen and oxygen atoms in total. The monoisotopic (exact) mass is 448 g/mol. The number of hydrogen-bond acceptors (Lipinski definition) is 6. The molecule has 1 saturated heterocycles. The maximum Gasteiger partial charge on any atom is 0.261 e. The first-order valence-corrected chi connectivity index (χ1v) is 12.6. The van der Waals surface area contributed by atoms with Gasteiger partial charge in [0, 0.05) is 0 Å². The van der Waals surface area contributed by atoms with E-state index in [4.69, 9.17) is 9.16 Å². The van der Waals surface area contributed by atoms with Gasteiger partial charge in [0.1, 0.15) is 29.3 Å². The number of aliphatic hydroxyl groups excluding tert-OH is 3. The Morgan fingerprint density at radius 2 is 1.40 bits per heavy atom. The molecule has 0 spiro atoms. The lowest BCUT2D eigenvalue weighted by molar-refractivity contribution is -0.235. The zero-order chi connectivity index (χ0) is 22.2. The predicted octanol–water partition coefficient (Wildman–Crippen LogP) is 1.69. The molecule has 1 fully saturated rings. The third kappa shape index (κ3) is 4.25. The SMILES string of the molecule is CC(C)(C)[Si](OC[C@H]1O[C@@](C)(S)[C@H](O)[C@@H](O)[C@H]1O)(c1ccccc1)c1ccccc1. The van der Waals surface area contributed by atoms with Crippen LogP contribution in [0.2, 0.25) is 5.04 Å². The van der Waals surface area contributed by atoms with Gasteiger partial charge >= 0.3 is 0 Å². The van der Waals surface area contributed by atoms with Crippen molar-refractivity contribution in [2.24, 2.45) is 0 Å². The quantitative estimate of drug-likeness (QED) is 0.414. The minimum atomic E-state index is -2.81. The van der Waals surface area contributed by atoms with E-state index in [2.05, 4.69) is 57.7 Å². The highest BCUT2D eigenvalue weighted by molar-refractivity contribution is 7.81. The number of ether oxygens (including phenoxy) is 1. The van der Waals surface area contributed by atoms with Crippen LogP contribution in [0.3, 0.4) is 0 Å². The first-order valence-electron chi connectivity index (χ1n) is 10.2. The molecule has 164 valence electrons. The van der Waals surface area contributed by atoms with Crippen LogP contribution in [0.15, 0.2) is 60.7 Å². The van der Waals surface area contributed by atoms with Gasteiger partial charge in [-0.15, -0.1) is 12.6 Å². The zero-order valence-electron chi connectivity index (χ0n) is 17.9. The van der Waals surface area contributed by atoms with Gasteiger partial charge in [0.05, 0.1) is 6.61 Å². The standard InChI is InChI=1S/C23H32O5SSi/c1-22(2,3)30(16-11-7-5-8-12-16,17-13-9-6-10-14-17)27-15-18-19(24)20(25)21(26)23(4,29)28-18/h5-14,18-21,24-26,29H,15H2,1-4H3/t18-,19+,20+,21-,23+/m1/s1. The third-order valence-electron chi connectivity index (χ3n) is 5.87. The molecule has 0 aliphatic carbocycles. The average molecular weight is 449 g/mol. The maximum absolute atomic E-state index is 10.5. The lowest BCUT2D eigenvalue weighted by Gasteiger charge is -2.47. The van der Waals surface area contributed by atoms with Crippen molar-refractivity contribution in [1.29, 1.82) is 0 Å². The number of rotatable bonds is 5. The van der Waals surface area contributed by atoms with Gasteiger partial charge in [0.2, 0.25) is 0 Å². The largest absolute Gasteiger partial charge is 0.405 e. The van der Waals surface area contributed by atoms with E-state index >= 15 is 0 Å². The van der Waals surface area contributed by atoms with Crippen molar-refractivity contribution >= 4 is 31.3 Å². The highest BCUT2D eigenvalue weighted by Crippen LogP contribution is 2.38. The van der Waals surface area contributed by atoms with E-state index in [9.17, 15) is 15.3 Å². The summed E-state index contributed by atoms with van der Waals surface area (Å²) in [6.07, 6.45) is -4.78. The molecule has 30 heavy (non-hydrogen) atoms. The van der Waals surface area contributed by atoms with Gasteiger partial charge in [-0.3, -0.25) is 0 Å². The Bertz CT molecular complexity index is 785. The van der Waals surface area contributed by atoms with Crippen LogP contribution < -0.4 is 10.4 Å². The second-order valence-corrected chi connectivity index (χ2v) is 14.3. The molecule has 1 heterocycles. The normalized spacial score (nSPS) is 30.3. The second kappa shape index (κ2) is 8.74. The number of aliphatic hydroxyl groups is 3. The number of thiol groups is 1. The van der Waals surface area contributed by atoms with Crippen LogP contribution in [-0.4, -0.2) is 59.6 Å². The molecular formula is C23H32O5SSi. The first kappa shape index (κ1) is 23.5. The molecule has 1 aliphatic rings. The summed E-state index contributed by atoms with van der Waals surface area (Å²) >= 11 is 4.35. The highest BCUT2D eigenvalue weighted by Gasteiger charge is 2.53. The fourth-order valence-electron chi connectivity index (χ4n) is 4.27. The lowest BCUT2D eigenvalue weighted by Crippen LogP contribution is -2.68. The van der Waals surface area contributed by atoms with Gasteiger partial charge in [0.15, 0.2) is 0 Å². The number of benzene rings is 2. The Morgan fingerprint density at radius 1 is 0.933 bits per heavy atom. The van der Waals surface area contributed by atoms with Crippen molar-refractivity contribution in [2.45, 2.75) is 62.1 Å². The van der Waals surface area contributed by atoms with Gasteiger partial charge in [-0.2, -0.15) is 0 Å². The van der Waals surface area contributed by atoms with Crippen LogP contribution >= 0.6 is 12.6 Å². The van der Waals surface area contributed by atoms with Gasteiger partial charge in [0.25, 0.3) is 8.32 Å². The molecule has 0 radical (unpaired) electrons. The molecular weight excluding hydrogens is 416 g/mol. The summed E-state index contributed by atoms with van der Waals surface area (Å²) in [5.74, 6) is 0. The van der Waals surface area contributed by atoms with Gasteiger partial charge in [-0.1, -0.05) is 81.4 Å². The van der Waals surface area contributed by atoms with E-state index in [1.54, 1.807) is 6.92 Å². The van der Waals surface area contributed by atoms with Crippen LogP contribution in [0.4, 0.5) is 0 Å². The summed E-state index contributed by atoms with van der Waals surface area (Å²) in [7, 11) is -2.81. The third-order valence-corrected chi connectivity index (χ3v) is 11.2. The fraction of sp³-hybridized carbons (Fsp3) is 0.478. The molecule has 0 saturated carbocycles. The zero-order valence-corrected chi connectivity index (χ0v) is 19.8. The van der Waals surface area contributed by atoms with Gasteiger partial charge < -0.3 is 24.5 Å². The molecule has 0 aromatic heterocycles. The van der Waals surface area contributed by atoms with E-state index in [1.807, 2.05) is 36.4 Å². The lowest BCUT2D eigenvalue weighted by atomic mass is 9.95. The first-order chi connectivity index (χ1) is 14.0. The summed E-state index contributed by atoms with van der Waals surface area (Å²) < 4.78 is 12.6. The molecule has 0 unspecified atom stereocenters. The second-order valence-electron chi connectivity index (χ2n) is 9.11. The van der Waals surface area contributed by atoms with E-state index in [0.29, 0.717) is 0 Å². The van der Waals surface area contributed by atoms with E-state index in [-0.39, 0.29) is 11.6 Å². The smallest absolute Gasteiger partial charge is 0.261 e. The molecule has 7 heteroatoms. The summed E-state index contributed by atoms with van der Waals surface area (Å²) in [5.41, 5.74) is 0. The summed E-state index contributed by atoms with van der Waals surface area (Å²) in [6.45, 7) is 8.14. The Kier molecular flexibility index (Phi) is 6.84. The van der Waals surface area contributed by atoms with Crippen LogP contribution in [0, 0.1) is 0 Å². The van der Waals surface area contributed by atoms with Crippen molar-refractivity contribution in [3.63, 3.8) is 0 Å². The van der Waals surface area contributed by atoms with Gasteiger partial charge in [-0.25, -0.2) is 0 Å². The van der Waals surface area contributed by atoms with E-state index in [1.165, 1.54) is 0 Å². The molecule has 2 aromatic rings. The van der Waals surface area contributed by atoms with Crippen LogP contribution in [0.5, 0.6) is 0 Å². The van der Waals surface area contributed by atoms with Crippen LogP contribution in [-0.2, 0) is 9.16 Å². The van der Waals surface area contributed by atoms with Crippen LogP contribution in [0.1, 0.15) is 27.7 Å². The number of hydrogen-bond donors (Lipinski definition) is 4. The highest BCUT2D eigenvalue weighted by atomic mass is 32.1. The Morgan fingerprint density at radius 3 is 1.83 bits per heavy atom. The van der Waals surface area contributed by atoms with E-state index in [0.717, 1.165) is 10.4 Å².